The largest absolute Gasteiger partial charge is 0.362 e. The Morgan fingerprint density at radius 2 is 1.73 bits per heavy atom. The Morgan fingerprint density at radius 3 is 2.47 bits per heavy atom. The molecule has 6 heteroatoms. The molecule has 6 nitrogen and oxygen atoms in total. The average Bonchev–Trinajstić information content (AvgIpc) is 2.78. The predicted molar refractivity (Wildman–Crippen MR) is 123 cm³/mol. The second kappa shape index (κ2) is 9.63. The Balaban J connectivity index is 1.29. The first-order valence-corrected chi connectivity index (χ1v) is 11.6. The molecule has 0 spiro atoms. The Hall–Kier alpha value is -2.37. The van der Waals surface area contributed by atoms with Gasteiger partial charge in [-0.25, -0.2) is 4.98 Å². The zero-order valence-electron chi connectivity index (χ0n) is 18.4. The number of hydrogen-bond acceptors (Lipinski definition) is 5. The number of para-hydroxylation sites is 1. The standard InChI is InChI=1S/C24H35N5O/c1-29(2)22-20-10-6-7-11-21(20)27-24(28-22)26-19-14-12-17(13-15-19)16-25-23(30)18-8-4-3-5-9-18/h6-7,10-11,17-19H,3-5,8-9,12-16H2,1-2H3,(H,25,30)(H,26,27,28)/t17-,19+. The smallest absolute Gasteiger partial charge is 0.225 e. The number of carbonyl (C=O) groups excluding carboxylic acids is 1. The van der Waals surface area contributed by atoms with Crippen molar-refractivity contribution < 1.29 is 4.79 Å². The van der Waals surface area contributed by atoms with Crippen molar-refractivity contribution >= 4 is 28.6 Å². The summed E-state index contributed by atoms with van der Waals surface area (Å²) in [5.41, 5.74) is 0.970. The highest BCUT2D eigenvalue weighted by Crippen LogP contribution is 2.29. The zero-order valence-corrected chi connectivity index (χ0v) is 18.4. The molecule has 0 bridgehead atoms. The first kappa shape index (κ1) is 20.9. The number of benzene rings is 1. The number of aromatic nitrogens is 2. The first-order chi connectivity index (χ1) is 14.6. The second-order valence-corrected chi connectivity index (χ2v) is 9.22. The molecule has 2 aromatic rings. The van der Waals surface area contributed by atoms with E-state index in [9.17, 15) is 4.79 Å². The van der Waals surface area contributed by atoms with Crippen LogP contribution in [-0.4, -0.2) is 42.6 Å². The number of nitrogens with one attached hydrogen (secondary N) is 2. The van der Waals surface area contributed by atoms with Gasteiger partial charge >= 0.3 is 0 Å². The lowest BCUT2D eigenvalue weighted by Gasteiger charge is -2.30. The summed E-state index contributed by atoms with van der Waals surface area (Å²) in [4.78, 5) is 23.9. The Labute approximate surface area is 179 Å². The number of nitrogens with zero attached hydrogens (tertiary/aromatic N) is 3. The molecule has 2 saturated carbocycles. The summed E-state index contributed by atoms with van der Waals surface area (Å²) in [5.74, 6) is 2.79. The number of hydrogen-bond donors (Lipinski definition) is 2. The fraction of sp³-hybridized carbons (Fsp3) is 0.625. The van der Waals surface area contributed by atoms with Gasteiger partial charge < -0.3 is 15.5 Å². The maximum absolute atomic E-state index is 12.4. The van der Waals surface area contributed by atoms with Gasteiger partial charge in [-0.2, -0.15) is 4.98 Å². The summed E-state index contributed by atoms with van der Waals surface area (Å²) < 4.78 is 0. The SMILES string of the molecule is CN(C)c1nc(N[C@H]2CC[C@@H](CNC(=O)C3CCCCC3)CC2)nc2ccccc12. The van der Waals surface area contributed by atoms with Gasteiger partial charge in [-0.15, -0.1) is 0 Å². The molecule has 1 aromatic heterocycles. The van der Waals surface area contributed by atoms with Crippen LogP contribution >= 0.6 is 0 Å². The van der Waals surface area contributed by atoms with Crippen molar-refractivity contribution in [3.8, 4) is 0 Å². The number of carbonyl (C=O) groups is 1. The summed E-state index contributed by atoms with van der Waals surface area (Å²) in [6.07, 6.45) is 10.3. The van der Waals surface area contributed by atoms with Crippen LogP contribution in [0.2, 0.25) is 0 Å². The van der Waals surface area contributed by atoms with E-state index in [1.54, 1.807) is 0 Å². The minimum Gasteiger partial charge on any atom is -0.362 e. The maximum Gasteiger partial charge on any atom is 0.225 e. The van der Waals surface area contributed by atoms with Gasteiger partial charge in [-0.3, -0.25) is 4.79 Å². The van der Waals surface area contributed by atoms with Crippen molar-refractivity contribution in [2.75, 3.05) is 30.9 Å². The molecule has 0 radical (unpaired) electrons. The van der Waals surface area contributed by atoms with E-state index in [4.69, 9.17) is 9.97 Å². The van der Waals surface area contributed by atoms with E-state index in [0.717, 1.165) is 61.8 Å². The van der Waals surface area contributed by atoms with E-state index in [0.29, 0.717) is 17.9 Å². The highest BCUT2D eigenvalue weighted by Gasteiger charge is 2.25. The average molecular weight is 410 g/mol. The van der Waals surface area contributed by atoms with Gasteiger partial charge in [0.05, 0.1) is 5.52 Å². The van der Waals surface area contributed by atoms with Gasteiger partial charge in [-0.1, -0.05) is 31.4 Å². The fourth-order valence-corrected chi connectivity index (χ4v) is 4.91. The van der Waals surface area contributed by atoms with Crippen LogP contribution in [0.25, 0.3) is 10.9 Å². The van der Waals surface area contributed by atoms with Crippen molar-refractivity contribution in [2.45, 2.75) is 63.8 Å². The van der Waals surface area contributed by atoms with Crippen LogP contribution in [0.3, 0.4) is 0 Å². The number of anilines is 2. The molecule has 1 heterocycles. The topological polar surface area (TPSA) is 70.2 Å². The van der Waals surface area contributed by atoms with Crippen molar-refractivity contribution in [3.63, 3.8) is 0 Å². The van der Waals surface area contributed by atoms with Gasteiger partial charge in [0.15, 0.2) is 0 Å². The number of amides is 1. The number of fused-ring (bicyclic) bond motifs is 1. The van der Waals surface area contributed by atoms with Gasteiger partial charge in [0.2, 0.25) is 11.9 Å². The molecule has 4 rings (SSSR count). The third-order valence-electron chi connectivity index (χ3n) is 6.73. The fourth-order valence-electron chi connectivity index (χ4n) is 4.91. The minimum atomic E-state index is 0.257. The molecule has 0 unspecified atom stereocenters. The van der Waals surface area contributed by atoms with Crippen molar-refractivity contribution in [3.05, 3.63) is 24.3 Å². The van der Waals surface area contributed by atoms with Crippen LogP contribution in [0.5, 0.6) is 0 Å². The summed E-state index contributed by atoms with van der Waals surface area (Å²) in [5, 5.41) is 7.88. The van der Waals surface area contributed by atoms with E-state index in [1.807, 2.05) is 37.2 Å². The van der Waals surface area contributed by atoms with E-state index in [2.05, 4.69) is 16.7 Å². The van der Waals surface area contributed by atoms with Gasteiger partial charge in [0, 0.05) is 38.0 Å². The van der Waals surface area contributed by atoms with Crippen molar-refractivity contribution in [1.82, 2.24) is 15.3 Å². The van der Waals surface area contributed by atoms with Crippen LogP contribution in [0.4, 0.5) is 11.8 Å². The first-order valence-electron chi connectivity index (χ1n) is 11.6. The monoisotopic (exact) mass is 409 g/mol. The molecule has 2 aliphatic rings. The lowest BCUT2D eigenvalue weighted by Crippen LogP contribution is -2.37. The molecule has 30 heavy (non-hydrogen) atoms. The highest BCUT2D eigenvalue weighted by atomic mass is 16.1. The third kappa shape index (κ3) is 5.02. The van der Waals surface area contributed by atoms with Crippen LogP contribution in [0.15, 0.2) is 24.3 Å². The Morgan fingerprint density at radius 1 is 1.00 bits per heavy atom. The Bertz CT molecular complexity index is 854. The molecule has 0 saturated heterocycles. The quantitative estimate of drug-likeness (QED) is 0.742. The molecular formula is C24H35N5O. The molecule has 2 fully saturated rings. The van der Waals surface area contributed by atoms with Gasteiger partial charge in [0.25, 0.3) is 0 Å². The van der Waals surface area contributed by atoms with E-state index < -0.39 is 0 Å². The van der Waals surface area contributed by atoms with Crippen molar-refractivity contribution in [2.24, 2.45) is 11.8 Å². The van der Waals surface area contributed by atoms with Crippen molar-refractivity contribution in [1.29, 1.82) is 0 Å². The van der Waals surface area contributed by atoms with Crippen LogP contribution in [0.1, 0.15) is 57.8 Å². The third-order valence-corrected chi connectivity index (χ3v) is 6.73. The molecule has 1 aromatic carbocycles. The number of rotatable bonds is 6. The summed E-state index contributed by atoms with van der Waals surface area (Å²) in [7, 11) is 4.04. The van der Waals surface area contributed by atoms with E-state index in [1.165, 1.54) is 19.3 Å². The van der Waals surface area contributed by atoms with Gasteiger partial charge in [-0.05, 0) is 56.6 Å². The predicted octanol–water partition coefficient (Wildman–Crippen LogP) is 4.36. The zero-order chi connectivity index (χ0) is 20.9. The van der Waals surface area contributed by atoms with Gasteiger partial charge in [0.1, 0.15) is 5.82 Å². The van der Waals surface area contributed by atoms with E-state index >= 15 is 0 Å². The highest BCUT2D eigenvalue weighted by molar-refractivity contribution is 5.90. The minimum absolute atomic E-state index is 0.257. The molecule has 1 amide bonds. The second-order valence-electron chi connectivity index (χ2n) is 9.22. The van der Waals surface area contributed by atoms with Crippen LogP contribution < -0.4 is 15.5 Å². The lowest BCUT2D eigenvalue weighted by molar-refractivity contribution is -0.126. The molecule has 0 aliphatic heterocycles. The van der Waals surface area contributed by atoms with E-state index in [-0.39, 0.29) is 11.8 Å². The normalized spacial score (nSPS) is 22.6. The molecule has 2 aliphatic carbocycles. The maximum atomic E-state index is 12.4. The summed E-state index contributed by atoms with van der Waals surface area (Å²) in [6.45, 7) is 0.833. The summed E-state index contributed by atoms with van der Waals surface area (Å²) >= 11 is 0. The van der Waals surface area contributed by atoms with Crippen LogP contribution in [0, 0.1) is 11.8 Å². The lowest BCUT2D eigenvalue weighted by atomic mass is 9.85. The molecule has 162 valence electrons. The molecular weight excluding hydrogens is 374 g/mol. The molecule has 2 N–H and O–H groups in total. The Kier molecular flexibility index (Phi) is 6.70. The van der Waals surface area contributed by atoms with Crippen LogP contribution in [-0.2, 0) is 4.79 Å². The summed E-state index contributed by atoms with van der Waals surface area (Å²) in [6, 6.07) is 8.56. The molecule has 0 atom stereocenters.